The van der Waals surface area contributed by atoms with Crippen molar-refractivity contribution in [2.24, 2.45) is 0 Å². The van der Waals surface area contributed by atoms with Crippen molar-refractivity contribution >= 4 is 0 Å². The van der Waals surface area contributed by atoms with Crippen molar-refractivity contribution in [3.05, 3.63) is 64.7 Å². The monoisotopic (exact) mass is 269 g/mol. The predicted octanol–water partition coefficient (Wildman–Crippen LogP) is 4.16. The van der Waals surface area contributed by atoms with E-state index in [-0.39, 0.29) is 0 Å². The lowest BCUT2D eigenvalue weighted by molar-refractivity contribution is 0.304. The molecule has 0 bridgehead atoms. The molecule has 0 aliphatic heterocycles. The summed E-state index contributed by atoms with van der Waals surface area (Å²) in [6.07, 6.45) is 0. The largest absolute Gasteiger partial charge is 0.489 e. The summed E-state index contributed by atoms with van der Waals surface area (Å²) in [5.41, 5.74) is 5.08. The minimum absolute atomic E-state index is 0.332. The Hall–Kier alpha value is -1.80. The number of hydrogen-bond acceptors (Lipinski definition) is 2. The van der Waals surface area contributed by atoms with Gasteiger partial charge in [0.15, 0.2) is 0 Å². The normalized spacial score (nSPS) is 12.2. The highest BCUT2D eigenvalue weighted by molar-refractivity contribution is 5.34. The van der Waals surface area contributed by atoms with Gasteiger partial charge in [-0.25, -0.2) is 0 Å². The van der Waals surface area contributed by atoms with Crippen LogP contribution in [0.15, 0.2) is 42.5 Å². The van der Waals surface area contributed by atoms with Gasteiger partial charge in [0.2, 0.25) is 0 Å². The van der Waals surface area contributed by atoms with Crippen LogP contribution in [-0.2, 0) is 6.61 Å². The number of nitrogens with one attached hydrogen (secondary N) is 1. The van der Waals surface area contributed by atoms with E-state index >= 15 is 0 Å². The molecule has 1 N–H and O–H groups in total. The van der Waals surface area contributed by atoms with Crippen molar-refractivity contribution in [1.82, 2.24) is 5.32 Å². The minimum atomic E-state index is 0.332. The molecule has 106 valence electrons. The van der Waals surface area contributed by atoms with Crippen LogP contribution in [0.3, 0.4) is 0 Å². The third-order valence-corrected chi connectivity index (χ3v) is 3.82. The SMILES string of the molecule is CNC(C)c1cccc(OCc2c(C)cccc2C)c1. The Labute approximate surface area is 121 Å². The molecule has 0 aliphatic rings. The molecule has 0 saturated carbocycles. The van der Waals surface area contributed by atoms with Gasteiger partial charge in [-0.15, -0.1) is 0 Å². The number of hydrogen-bond donors (Lipinski definition) is 1. The summed E-state index contributed by atoms with van der Waals surface area (Å²) in [5.74, 6) is 0.923. The maximum Gasteiger partial charge on any atom is 0.120 e. The molecule has 0 fully saturated rings. The lowest BCUT2D eigenvalue weighted by Crippen LogP contribution is -2.12. The summed E-state index contributed by atoms with van der Waals surface area (Å²) in [6.45, 7) is 7.02. The maximum atomic E-state index is 5.96. The second kappa shape index (κ2) is 6.58. The van der Waals surface area contributed by atoms with E-state index < -0.39 is 0 Å². The molecular formula is C18H23NO. The van der Waals surface area contributed by atoms with Gasteiger partial charge in [0, 0.05) is 6.04 Å². The Morgan fingerprint density at radius 2 is 1.70 bits per heavy atom. The first-order chi connectivity index (χ1) is 9.61. The molecule has 0 spiro atoms. The van der Waals surface area contributed by atoms with Crippen molar-refractivity contribution in [2.75, 3.05) is 7.05 Å². The van der Waals surface area contributed by atoms with E-state index in [1.807, 2.05) is 19.2 Å². The fourth-order valence-electron chi connectivity index (χ4n) is 2.27. The van der Waals surface area contributed by atoms with Crippen LogP contribution < -0.4 is 10.1 Å². The molecule has 2 aromatic rings. The van der Waals surface area contributed by atoms with E-state index in [4.69, 9.17) is 4.74 Å². The van der Waals surface area contributed by atoms with Crippen LogP contribution >= 0.6 is 0 Å². The van der Waals surface area contributed by atoms with Crippen molar-refractivity contribution in [1.29, 1.82) is 0 Å². The predicted molar refractivity (Wildman–Crippen MR) is 84.2 cm³/mol. The van der Waals surface area contributed by atoms with E-state index in [2.05, 4.69) is 56.4 Å². The highest BCUT2D eigenvalue weighted by Gasteiger charge is 2.06. The molecule has 2 heteroatoms. The van der Waals surface area contributed by atoms with Gasteiger partial charge in [0.25, 0.3) is 0 Å². The molecule has 0 saturated heterocycles. The fraction of sp³-hybridized carbons (Fsp3) is 0.333. The fourth-order valence-corrected chi connectivity index (χ4v) is 2.27. The summed E-state index contributed by atoms with van der Waals surface area (Å²) in [4.78, 5) is 0. The summed E-state index contributed by atoms with van der Waals surface area (Å²) < 4.78 is 5.96. The number of benzene rings is 2. The first-order valence-corrected chi connectivity index (χ1v) is 7.07. The zero-order valence-corrected chi connectivity index (χ0v) is 12.7. The smallest absolute Gasteiger partial charge is 0.120 e. The average Bonchev–Trinajstić information content (AvgIpc) is 2.46. The average molecular weight is 269 g/mol. The summed E-state index contributed by atoms with van der Waals surface area (Å²) in [5, 5.41) is 3.24. The minimum Gasteiger partial charge on any atom is -0.489 e. The summed E-state index contributed by atoms with van der Waals surface area (Å²) in [7, 11) is 1.97. The van der Waals surface area contributed by atoms with Crippen molar-refractivity contribution in [3.63, 3.8) is 0 Å². The zero-order chi connectivity index (χ0) is 14.5. The molecule has 0 heterocycles. The van der Waals surface area contributed by atoms with Crippen LogP contribution in [0.25, 0.3) is 0 Å². The Morgan fingerprint density at radius 1 is 1.05 bits per heavy atom. The van der Waals surface area contributed by atoms with E-state index in [1.165, 1.54) is 22.3 Å². The van der Waals surface area contributed by atoms with Crippen LogP contribution in [0.5, 0.6) is 5.75 Å². The van der Waals surface area contributed by atoms with Crippen LogP contribution in [0.1, 0.15) is 35.2 Å². The van der Waals surface area contributed by atoms with Gasteiger partial charge in [0.1, 0.15) is 12.4 Å². The molecule has 20 heavy (non-hydrogen) atoms. The zero-order valence-electron chi connectivity index (χ0n) is 12.7. The Morgan fingerprint density at radius 3 is 2.35 bits per heavy atom. The molecule has 2 aromatic carbocycles. The van der Waals surface area contributed by atoms with Crippen molar-refractivity contribution < 1.29 is 4.74 Å². The molecule has 0 aromatic heterocycles. The first-order valence-electron chi connectivity index (χ1n) is 7.07. The molecule has 2 rings (SSSR count). The van der Waals surface area contributed by atoms with Crippen LogP contribution in [0, 0.1) is 13.8 Å². The molecule has 2 nitrogen and oxygen atoms in total. The maximum absolute atomic E-state index is 5.96. The Kier molecular flexibility index (Phi) is 4.80. The van der Waals surface area contributed by atoms with Gasteiger partial charge in [-0.2, -0.15) is 0 Å². The van der Waals surface area contributed by atoms with E-state index in [0.717, 1.165) is 5.75 Å². The Balaban J connectivity index is 2.11. The Bertz CT molecular complexity index is 557. The molecule has 1 unspecified atom stereocenters. The second-order valence-electron chi connectivity index (χ2n) is 5.24. The van der Waals surface area contributed by atoms with Gasteiger partial charge in [-0.3, -0.25) is 0 Å². The molecule has 1 atom stereocenters. The third kappa shape index (κ3) is 3.40. The second-order valence-corrected chi connectivity index (χ2v) is 5.24. The van der Waals surface area contributed by atoms with E-state index in [9.17, 15) is 0 Å². The molecule has 0 radical (unpaired) electrons. The van der Waals surface area contributed by atoms with Gasteiger partial charge < -0.3 is 10.1 Å². The van der Waals surface area contributed by atoms with Crippen molar-refractivity contribution in [3.8, 4) is 5.75 Å². The quantitative estimate of drug-likeness (QED) is 0.880. The molecular weight excluding hydrogens is 246 g/mol. The topological polar surface area (TPSA) is 21.3 Å². The number of aryl methyl sites for hydroxylation is 2. The third-order valence-electron chi connectivity index (χ3n) is 3.82. The highest BCUT2D eigenvalue weighted by atomic mass is 16.5. The van der Waals surface area contributed by atoms with Gasteiger partial charge in [-0.05, 0) is 62.2 Å². The number of rotatable bonds is 5. The van der Waals surface area contributed by atoms with Gasteiger partial charge >= 0.3 is 0 Å². The van der Waals surface area contributed by atoms with Crippen LogP contribution in [0.2, 0.25) is 0 Å². The van der Waals surface area contributed by atoms with Crippen LogP contribution in [-0.4, -0.2) is 7.05 Å². The summed E-state index contributed by atoms with van der Waals surface area (Å²) in [6, 6.07) is 15.0. The summed E-state index contributed by atoms with van der Waals surface area (Å²) >= 11 is 0. The highest BCUT2D eigenvalue weighted by Crippen LogP contribution is 2.21. The van der Waals surface area contributed by atoms with E-state index in [0.29, 0.717) is 12.6 Å². The lowest BCUT2D eigenvalue weighted by Gasteiger charge is -2.14. The van der Waals surface area contributed by atoms with E-state index in [1.54, 1.807) is 0 Å². The molecule has 0 aliphatic carbocycles. The lowest BCUT2D eigenvalue weighted by atomic mass is 10.0. The van der Waals surface area contributed by atoms with Gasteiger partial charge in [-0.1, -0.05) is 30.3 Å². The van der Waals surface area contributed by atoms with Crippen LogP contribution in [0.4, 0.5) is 0 Å². The van der Waals surface area contributed by atoms with Crippen molar-refractivity contribution in [2.45, 2.75) is 33.4 Å². The number of ether oxygens (including phenoxy) is 1. The molecule has 0 amide bonds. The first kappa shape index (κ1) is 14.6. The standard InChI is InChI=1S/C18H23NO/c1-13-7-5-8-14(2)18(13)12-20-17-10-6-9-16(11-17)15(3)19-4/h5-11,15,19H,12H2,1-4H3. The van der Waals surface area contributed by atoms with Gasteiger partial charge in [0.05, 0.1) is 0 Å².